The van der Waals surface area contributed by atoms with Crippen LogP contribution in [0.4, 0.5) is 0 Å². The largest absolute Gasteiger partial charge is 0.351 e. The lowest BCUT2D eigenvalue weighted by Gasteiger charge is -2.26. The smallest absolute Gasteiger partial charge is 0.270 e. The highest BCUT2D eigenvalue weighted by atomic mass is 16.2. The molecule has 4 nitrogen and oxygen atoms in total. The van der Waals surface area contributed by atoms with Crippen LogP contribution in [0.5, 0.6) is 0 Å². The first-order valence-corrected chi connectivity index (χ1v) is 6.43. The Balaban J connectivity index is 1.68. The molecule has 2 bridgehead atoms. The first-order valence-electron chi connectivity index (χ1n) is 6.43. The Kier molecular flexibility index (Phi) is 2.02. The van der Waals surface area contributed by atoms with Gasteiger partial charge in [-0.3, -0.25) is 4.79 Å². The van der Waals surface area contributed by atoms with Crippen LogP contribution < -0.4 is 5.32 Å². The molecule has 1 amide bonds. The van der Waals surface area contributed by atoms with Gasteiger partial charge in [-0.05, 0) is 18.6 Å². The second-order valence-electron chi connectivity index (χ2n) is 5.22. The van der Waals surface area contributed by atoms with Gasteiger partial charge in [0.05, 0.1) is 0 Å². The molecule has 1 aromatic carbocycles. The minimum Gasteiger partial charge on any atom is -0.351 e. The third-order valence-electron chi connectivity index (χ3n) is 4.08. The molecule has 0 radical (unpaired) electrons. The zero-order valence-corrected chi connectivity index (χ0v) is 10.0. The summed E-state index contributed by atoms with van der Waals surface area (Å²) in [6.45, 7) is 1.79. The van der Waals surface area contributed by atoms with Crippen LogP contribution in [0.15, 0.2) is 30.3 Å². The second kappa shape index (κ2) is 3.59. The molecular formula is C14H15N3O. The van der Waals surface area contributed by atoms with Crippen LogP contribution in [0.1, 0.15) is 16.9 Å². The fourth-order valence-electron chi connectivity index (χ4n) is 3.15. The predicted molar refractivity (Wildman–Crippen MR) is 69.5 cm³/mol. The van der Waals surface area contributed by atoms with Crippen molar-refractivity contribution in [3.63, 3.8) is 0 Å². The molecule has 0 spiro atoms. The van der Waals surface area contributed by atoms with E-state index in [2.05, 4.69) is 10.3 Å². The topological polar surface area (TPSA) is 48.1 Å². The third kappa shape index (κ3) is 1.39. The summed E-state index contributed by atoms with van der Waals surface area (Å²) in [5, 5.41) is 4.52. The Morgan fingerprint density at radius 3 is 2.94 bits per heavy atom. The molecule has 2 aliphatic heterocycles. The van der Waals surface area contributed by atoms with Crippen molar-refractivity contribution >= 4 is 16.8 Å². The molecule has 4 heteroatoms. The third-order valence-corrected chi connectivity index (χ3v) is 4.08. The number of para-hydroxylation sites is 1. The molecule has 2 saturated heterocycles. The van der Waals surface area contributed by atoms with Gasteiger partial charge in [0, 0.05) is 36.1 Å². The summed E-state index contributed by atoms with van der Waals surface area (Å²) < 4.78 is 0. The van der Waals surface area contributed by atoms with E-state index >= 15 is 0 Å². The summed E-state index contributed by atoms with van der Waals surface area (Å²) in [5.74, 6) is 0.139. The first-order chi connectivity index (χ1) is 8.81. The Labute approximate surface area is 105 Å². The summed E-state index contributed by atoms with van der Waals surface area (Å²) in [5.41, 5.74) is 1.74. The summed E-state index contributed by atoms with van der Waals surface area (Å²) in [4.78, 5) is 17.7. The molecule has 2 aliphatic rings. The monoisotopic (exact) mass is 241 g/mol. The van der Waals surface area contributed by atoms with E-state index in [4.69, 9.17) is 0 Å². The minimum atomic E-state index is 0.139. The highest BCUT2D eigenvalue weighted by Gasteiger charge is 2.40. The van der Waals surface area contributed by atoms with Crippen LogP contribution in [-0.2, 0) is 0 Å². The minimum absolute atomic E-state index is 0.139. The fraction of sp³-hybridized carbons (Fsp3) is 0.357. The number of aromatic amines is 1. The summed E-state index contributed by atoms with van der Waals surface area (Å²) in [6, 6.07) is 10.8. The molecule has 1 aromatic heterocycles. The van der Waals surface area contributed by atoms with E-state index in [0.717, 1.165) is 30.4 Å². The van der Waals surface area contributed by atoms with Gasteiger partial charge >= 0.3 is 0 Å². The molecule has 0 saturated carbocycles. The highest BCUT2D eigenvalue weighted by molar-refractivity contribution is 5.98. The molecule has 18 heavy (non-hydrogen) atoms. The maximum absolute atomic E-state index is 12.5. The molecule has 2 fully saturated rings. The number of carbonyl (C=O) groups excluding carboxylic acids is 1. The van der Waals surface area contributed by atoms with Gasteiger partial charge < -0.3 is 15.2 Å². The number of aromatic nitrogens is 1. The van der Waals surface area contributed by atoms with E-state index in [1.165, 1.54) is 0 Å². The van der Waals surface area contributed by atoms with E-state index in [-0.39, 0.29) is 5.91 Å². The summed E-state index contributed by atoms with van der Waals surface area (Å²) in [6.07, 6.45) is 1.10. The van der Waals surface area contributed by atoms with E-state index in [1.807, 2.05) is 35.2 Å². The number of benzene rings is 1. The fourth-order valence-corrected chi connectivity index (χ4v) is 3.15. The molecule has 2 aromatic rings. The number of carbonyl (C=O) groups is 1. The molecule has 3 heterocycles. The van der Waals surface area contributed by atoms with Gasteiger partial charge in [0.25, 0.3) is 5.91 Å². The average Bonchev–Trinajstić information content (AvgIpc) is 3.11. The van der Waals surface area contributed by atoms with Crippen LogP contribution in [0.25, 0.3) is 10.9 Å². The highest BCUT2D eigenvalue weighted by Crippen LogP contribution is 2.25. The quantitative estimate of drug-likeness (QED) is 0.792. The normalized spacial score (nSPS) is 26.1. The van der Waals surface area contributed by atoms with Crippen molar-refractivity contribution in [1.82, 2.24) is 15.2 Å². The Bertz CT molecular complexity index is 585. The zero-order valence-electron chi connectivity index (χ0n) is 10.0. The number of amides is 1. The van der Waals surface area contributed by atoms with Crippen molar-refractivity contribution < 1.29 is 4.79 Å². The SMILES string of the molecule is O=C(c1cc2ccccc2[nH]1)N1C[C@@H]2C[C@H]1CN2. The lowest BCUT2D eigenvalue weighted by Crippen LogP contribution is -2.46. The van der Waals surface area contributed by atoms with E-state index in [1.54, 1.807) is 0 Å². The van der Waals surface area contributed by atoms with Gasteiger partial charge in [0.2, 0.25) is 0 Å². The average molecular weight is 241 g/mol. The number of likely N-dealkylation sites (tertiary alicyclic amines) is 1. The lowest BCUT2D eigenvalue weighted by molar-refractivity contribution is 0.0711. The zero-order chi connectivity index (χ0) is 12.1. The number of hydrogen-bond acceptors (Lipinski definition) is 2. The van der Waals surface area contributed by atoms with Gasteiger partial charge in [0.15, 0.2) is 0 Å². The molecule has 4 rings (SSSR count). The van der Waals surface area contributed by atoms with Crippen molar-refractivity contribution in [2.75, 3.05) is 13.1 Å². The van der Waals surface area contributed by atoms with Gasteiger partial charge in [-0.25, -0.2) is 0 Å². The van der Waals surface area contributed by atoms with E-state index in [0.29, 0.717) is 17.8 Å². The number of H-pyrrole nitrogens is 1. The standard InChI is InChI=1S/C14H15N3O/c18-14(17-8-10-6-11(17)7-15-10)13-5-9-3-1-2-4-12(9)16-13/h1-5,10-11,15-16H,6-8H2/t10-,11-/m0/s1. The number of nitrogens with one attached hydrogen (secondary N) is 2. The van der Waals surface area contributed by atoms with Crippen LogP contribution in [-0.4, -0.2) is 41.0 Å². The number of piperazine rings is 1. The molecule has 92 valence electrons. The van der Waals surface area contributed by atoms with Crippen LogP contribution >= 0.6 is 0 Å². The van der Waals surface area contributed by atoms with Crippen LogP contribution in [0.2, 0.25) is 0 Å². The van der Waals surface area contributed by atoms with Gasteiger partial charge in [-0.15, -0.1) is 0 Å². The van der Waals surface area contributed by atoms with Crippen molar-refractivity contribution in [1.29, 1.82) is 0 Å². The van der Waals surface area contributed by atoms with E-state index in [9.17, 15) is 4.79 Å². The number of fused-ring (bicyclic) bond motifs is 3. The van der Waals surface area contributed by atoms with Crippen molar-refractivity contribution in [2.45, 2.75) is 18.5 Å². The molecule has 2 atom stereocenters. The predicted octanol–water partition coefficient (Wildman–Crippen LogP) is 1.35. The van der Waals surface area contributed by atoms with Crippen molar-refractivity contribution in [3.05, 3.63) is 36.0 Å². The Morgan fingerprint density at radius 1 is 1.33 bits per heavy atom. The van der Waals surface area contributed by atoms with Crippen molar-refractivity contribution in [2.24, 2.45) is 0 Å². The summed E-state index contributed by atoms with van der Waals surface area (Å²) >= 11 is 0. The van der Waals surface area contributed by atoms with Gasteiger partial charge in [-0.2, -0.15) is 0 Å². The van der Waals surface area contributed by atoms with Crippen LogP contribution in [0.3, 0.4) is 0 Å². The van der Waals surface area contributed by atoms with Gasteiger partial charge in [0.1, 0.15) is 5.69 Å². The first kappa shape index (κ1) is 10.1. The van der Waals surface area contributed by atoms with Crippen molar-refractivity contribution in [3.8, 4) is 0 Å². The maximum atomic E-state index is 12.5. The number of hydrogen-bond donors (Lipinski definition) is 2. The molecular weight excluding hydrogens is 226 g/mol. The lowest BCUT2D eigenvalue weighted by atomic mass is 10.2. The maximum Gasteiger partial charge on any atom is 0.270 e. The second-order valence-corrected chi connectivity index (χ2v) is 5.22. The number of rotatable bonds is 1. The molecule has 2 N–H and O–H groups in total. The molecule has 0 unspecified atom stereocenters. The summed E-state index contributed by atoms with van der Waals surface area (Å²) in [7, 11) is 0. The van der Waals surface area contributed by atoms with Crippen LogP contribution in [0, 0.1) is 0 Å². The van der Waals surface area contributed by atoms with Gasteiger partial charge in [-0.1, -0.05) is 18.2 Å². The Morgan fingerprint density at radius 2 is 2.22 bits per heavy atom. The Hall–Kier alpha value is -1.81. The number of nitrogens with zero attached hydrogens (tertiary/aromatic N) is 1. The van der Waals surface area contributed by atoms with E-state index < -0.39 is 0 Å². The molecule has 0 aliphatic carbocycles.